The summed E-state index contributed by atoms with van der Waals surface area (Å²) in [4.78, 5) is 18.2. The predicted molar refractivity (Wildman–Crippen MR) is 140 cm³/mol. The molecule has 2 heterocycles. The van der Waals surface area contributed by atoms with Gasteiger partial charge in [-0.1, -0.05) is 25.5 Å². The molecule has 1 amide bonds. The topological polar surface area (TPSA) is 65.7 Å². The smallest absolute Gasteiger partial charge is 0.247 e. The highest BCUT2D eigenvalue weighted by molar-refractivity contribution is 5.73. The Balaban J connectivity index is 1.41. The van der Waals surface area contributed by atoms with Crippen molar-refractivity contribution in [1.29, 1.82) is 0 Å². The maximum Gasteiger partial charge on any atom is 0.247 e. The fourth-order valence-electron chi connectivity index (χ4n) is 5.59. The third-order valence-electron chi connectivity index (χ3n) is 7.89. The lowest BCUT2D eigenvalue weighted by Gasteiger charge is -2.41. The summed E-state index contributed by atoms with van der Waals surface area (Å²) in [6, 6.07) is 8.21. The maximum absolute atomic E-state index is 11.7. The Morgan fingerprint density at radius 1 is 1.11 bits per heavy atom. The average molecular weight is 480 g/mol. The van der Waals surface area contributed by atoms with Gasteiger partial charge in [0.05, 0.1) is 0 Å². The van der Waals surface area contributed by atoms with E-state index in [1.807, 2.05) is 31.1 Å². The van der Waals surface area contributed by atoms with Gasteiger partial charge in [0.15, 0.2) is 0 Å². The van der Waals surface area contributed by atoms with Crippen LogP contribution in [0, 0.1) is 23.7 Å². The first kappa shape index (κ1) is 25.4. The number of benzene rings is 1. The molecule has 35 heavy (non-hydrogen) atoms. The number of anilines is 1. The Bertz CT molecular complexity index is 1020. The highest BCUT2D eigenvalue weighted by atomic mass is 16.4. The highest BCUT2D eigenvalue weighted by Crippen LogP contribution is 2.39. The molecule has 0 saturated carbocycles. The van der Waals surface area contributed by atoms with E-state index in [-0.39, 0.29) is 5.91 Å². The molecule has 2 aromatic rings. The van der Waals surface area contributed by atoms with Crippen molar-refractivity contribution in [1.82, 2.24) is 20.0 Å². The molecule has 2 aliphatic rings. The van der Waals surface area contributed by atoms with Crippen molar-refractivity contribution in [2.45, 2.75) is 40.5 Å². The zero-order valence-electron chi connectivity index (χ0n) is 22.2. The first-order valence-corrected chi connectivity index (χ1v) is 13.0. The van der Waals surface area contributed by atoms with Crippen LogP contribution in [-0.4, -0.2) is 72.7 Å². The Morgan fingerprint density at radius 2 is 1.80 bits per heavy atom. The van der Waals surface area contributed by atoms with Crippen molar-refractivity contribution in [3.8, 4) is 11.5 Å². The molecule has 190 valence electrons. The van der Waals surface area contributed by atoms with Crippen molar-refractivity contribution >= 4 is 11.6 Å². The molecule has 0 radical (unpaired) electrons. The van der Waals surface area contributed by atoms with Crippen LogP contribution in [0.1, 0.15) is 40.0 Å². The number of carbonyl (C=O) groups excluding carboxylic acids is 1. The van der Waals surface area contributed by atoms with E-state index < -0.39 is 0 Å². The number of hydrogen-bond donors (Lipinski definition) is 0. The van der Waals surface area contributed by atoms with Crippen molar-refractivity contribution in [3.05, 3.63) is 41.8 Å². The summed E-state index contributed by atoms with van der Waals surface area (Å²) >= 11 is 0. The quantitative estimate of drug-likeness (QED) is 0.550. The van der Waals surface area contributed by atoms with E-state index in [0.717, 1.165) is 62.7 Å². The summed E-state index contributed by atoms with van der Waals surface area (Å²) in [6.07, 6.45) is 4.44. The van der Waals surface area contributed by atoms with Gasteiger partial charge in [0.2, 0.25) is 17.7 Å². The van der Waals surface area contributed by atoms with Crippen LogP contribution < -0.4 is 4.90 Å². The number of allylic oxidation sites excluding steroid dienone is 1. The van der Waals surface area contributed by atoms with Gasteiger partial charge in [-0.3, -0.25) is 9.69 Å². The number of rotatable bonds is 7. The molecule has 7 nitrogen and oxygen atoms in total. The number of piperazine rings is 1. The molecule has 0 bridgehead atoms. The third-order valence-corrected chi connectivity index (χ3v) is 7.89. The fraction of sp³-hybridized carbons (Fsp3) is 0.607. The number of aromatic nitrogens is 2. The van der Waals surface area contributed by atoms with E-state index in [1.165, 1.54) is 5.57 Å². The Kier molecular flexibility index (Phi) is 7.95. The maximum atomic E-state index is 11.7. The zero-order valence-corrected chi connectivity index (χ0v) is 22.2. The molecule has 3 atom stereocenters. The van der Waals surface area contributed by atoms with Gasteiger partial charge in [-0.15, -0.1) is 10.2 Å². The van der Waals surface area contributed by atoms with Crippen LogP contribution in [0.25, 0.3) is 11.5 Å². The first-order valence-electron chi connectivity index (χ1n) is 13.0. The summed E-state index contributed by atoms with van der Waals surface area (Å²) in [5, 5.41) is 8.72. The number of amides is 1. The van der Waals surface area contributed by atoms with Crippen molar-refractivity contribution < 1.29 is 9.21 Å². The minimum Gasteiger partial charge on any atom is -0.421 e. The van der Waals surface area contributed by atoms with Gasteiger partial charge in [-0.2, -0.15) is 0 Å². The summed E-state index contributed by atoms with van der Waals surface area (Å²) in [5.41, 5.74) is 3.53. The Labute approximate surface area is 210 Å². The number of nitrogens with zero attached hydrogens (tertiary/aromatic N) is 5. The van der Waals surface area contributed by atoms with E-state index in [1.54, 1.807) is 6.92 Å². The second-order valence-electron chi connectivity index (χ2n) is 10.9. The normalized spacial score (nSPS) is 23.5. The SMILES string of the molecule is CC(=O)N1CCN(CC2C=C(C)C(Cc3nnc(-c4ccc(N(C)C)cc4)o3)CC2C(C)C)CC1. The molecule has 1 aromatic heterocycles. The monoisotopic (exact) mass is 479 g/mol. The molecule has 1 aromatic carbocycles. The van der Waals surface area contributed by atoms with Crippen LogP contribution in [0.4, 0.5) is 5.69 Å². The van der Waals surface area contributed by atoms with E-state index in [4.69, 9.17) is 4.42 Å². The summed E-state index contributed by atoms with van der Waals surface area (Å²) < 4.78 is 6.09. The van der Waals surface area contributed by atoms with Gasteiger partial charge in [0.1, 0.15) is 0 Å². The fourth-order valence-corrected chi connectivity index (χ4v) is 5.59. The molecule has 7 heteroatoms. The van der Waals surface area contributed by atoms with Crippen LogP contribution in [0.5, 0.6) is 0 Å². The molecule has 0 spiro atoms. The lowest BCUT2D eigenvalue weighted by atomic mass is 9.69. The molecule has 4 rings (SSSR count). The average Bonchev–Trinajstić information content (AvgIpc) is 3.29. The van der Waals surface area contributed by atoms with Gasteiger partial charge in [-0.05, 0) is 61.3 Å². The zero-order chi connectivity index (χ0) is 25.1. The first-order chi connectivity index (χ1) is 16.7. The second kappa shape index (κ2) is 10.9. The second-order valence-corrected chi connectivity index (χ2v) is 10.9. The van der Waals surface area contributed by atoms with E-state index in [0.29, 0.717) is 29.6 Å². The van der Waals surface area contributed by atoms with Crippen molar-refractivity contribution in [3.63, 3.8) is 0 Å². The van der Waals surface area contributed by atoms with Crippen molar-refractivity contribution in [2.24, 2.45) is 23.7 Å². The molecule has 1 saturated heterocycles. The molecule has 1 aliphatic carbocycles. The Hall–Kier alpha value is -2.67. The van der Waals surface area contributed by atoms with Crippen LogP contribution in [0.15, 0.2) is 40.3 Å². The summed E-state index contributed by atoms with van der Waals surface area (Å²) in [7, 11) is 4.06. The van der Waals surface area contributed by atoms with E-state index in [2.05, 4.69) is 59.0 Å². The van der Waals surface area contributed by atoms with Crippen LogP contribution in [-0.2, 0) is 11.2 Å². The van der Waals surface area contributed by atoms with Crippen LogP contribution in [0.3, 0.4) is 0 Å². The van der Waals surface area contributed by atoms with Gasteiger partial charge >= 0.3 is 0 Å². The highest BCUT2D eigenvalue weighted by Gasteiger charge is 2.34. The van der Waals surface area contributed by atoms with Crippen LogP contribution in [0.2, 0.25) is 0 Å². The standard InChI is InChI=1S/C28H41N5O2/c1-19(2)26-16-23(20(3)15-24(26)18-32-11-13-33(14-12-32)21(4)34)17-27-29-30-28(35-27)22-7-9-25(10-8-22)31(5)6/h7-10,15,19,23-24,26H,11-14,16-18H2,1-6H3. The third kappa shape index (κ3) is 6.13. The van der Waals surface area contributed by atoms with E-state index >= 15 is 0 Å². The lowest BCUT2D eigenvalue weighted by molar-refractivity contribution is -0.130. The van der Waals surface area contributed by atoms with Crippen molar-refractivity contribution in [2.75, 3.05) is 51.7 Å². The van der Waals surface area contributed by atoms with Gasteiger partial charge < -0.3 is 14.2 Å². The van der Waals surface area contributed by atoms with E-state index in [9.17, 15) is 4.79 Å². The van der Waals surface area contributed by atoms with Gasteiger partial charge in [0, 0.05) is 71.4 Å². The summed E-state index contributed by atoms with van der Waals surface area (Å²) in [5.74, 6) is 3.70. The molecular formula is C28H41N5O2. The van der Waals surface area contributed by atoms with Gasteiger partial charge in [0.25, 0.3) is 0 Å². The van der Waals surface area contributed by atoms with Crippen LogP contribution >= 0.6 is 0 Å². The number of carbonyl (C=O) groups is 1. The Morgan fingerprint density at radius 3 is 2.40 bits per heavy atom. The minimum atomic E-state index is 0.190. The lowest BCUT2D eigenvalue weighted by Crippen LogP contribution is -2.50. The molecular weight excluding hydrogens is 438 g/mol. The molecule has 3 unspecified atom stereocenters. The summed E-state index contributed by atoms with van der Waals surface area (Å²) in [6.45, 7) is 13.3. The minimum absolute atomic E-state index is 0.190. The molecule has 1 aliphatic heterocycles. The molecule has 1 fully saturated rings. The molecule has 0 N–H and O–H groups in total. The number of hydrogen-bond acceptors (Lipinski definition) is 6. The van der Waals surface area contributed by atoms with Gasteiger partial charge in [-0.25, -0.2) is 0 Å². The predicted octanol–water partition coefficient (Wildman–Crippen LogP) is 4.36. The largest absolute Gasteiger partial charge is 0.421 e.